The van der Waals surface area contributed by atoms with Crippen LogP contribution in [0.3, 0.4) is 0 Å². The molecule has 0 aliphatic carbocycles. The lowest BCUT2D eigenvalue weighted by Gasteiger charge is -2.12. The van der Waals surface area contributed by atoms with Gasteiger partial charge in [-0.15, -0.1) is 0 Å². The Morgan fingerprint density at radius 3 is 2.67 bits per heavy atom. The monoisotopic (exact) mass is 376 g/mol. The third-order valence-electron chi connectivity index (χ3n) is 3.23. The van der Waals surface area contributed by atoms with E-state index in [9.17, 15) is 13.2 Å². The number of hydrogen-bond acceptors (Lipinski definition) is 2. The summed E-state index contributed by atoms with van der Waals surface area (Å²) in [6, 6.07) is 8.21. The highest BCUT2D eigenvalue weighted by atomic mass is 35.5. The van der Waals surface area contributed by atoms with Gasteiger partial charge >= 0.3 is 6.18 Å². The average molecular weight is 377 g/mol. The van der Waals surface area contributed by atoms with E-state index in [1.807, 2.05) is 12.1 Å². The highest BCUT2D eigenvalue weighted by Crippen LogP contribution is 2.28. The first kappa shape index (κ1) is 18.5. The first-order chi connectivity index (χ1) is 11.3. The Morgan fingerprint density at radius 1 is 1.33 bits per heavy atom. The number of rotatable bonds is 5. The molecule has 1 heterocycles. The minimum atomic E-state index is -4.42. The Hall–Kier alpha value is -1.80. The predicted molar refractivity (Wildman–Crippen MR) is 92.3 cm³/mol. The van der Waals surface area contributed by atoms with E-state index in [4.69, 9.17) is 23.8 Å². The number of thiocarbonyl (C=S) groups is 1. The number of aryl methyl sites for hydroxylation is 2. The molecule has 24 heavy (non-hydrogen) atoms. The van der Waals surface area contributed by atoms with E-state index >= 15 is 0 Å². The predicted octanol–water partition coefficient (Wildman–Crippen LogP) is 4.24. The van der Waals surface area contributed by atoms with E-state index in [2.05, 4.69) is 15.7 Å². The quantitative estimate of drug-likeness (QED) is 0.605. The summed E-state index contributed by atoms with van der Waals surface area (Å²) in [6.45, 7) is 2.46. The molecule has 0 saturated carbocycles. The van der Waals surface area contributed by atoms with Crippen molar-refractivity contribution in [3.05, 3.63) is 46.7 Å². The summed E-state index contributed by atoms with van der Waals surface area (Å²) >= 11 is 11.2. The Labute approximate surface area is 148 Å². The van der Waals surface area contributed by atoms with Gasteiger partial charge in [0.15, 0.2) is 10.8 Å². The van der Waals surface area contributed by atoms with E-state index in [-0.39, 0.29) is 0 Å². The van der Waals surface area contributed by atoms with Gasteiger partial charge in [0.25, 0.3) is 0 Å². The molecule has 4 nitrogen and oxygen atoms in total. The molecule has 0 radical (unpaired) electrons. The van der Waals surface area contributed by atoms with Crippen molar-refractivity contribution in [2.75, 3.05) is 11.9 Å². The van der Waals surface area contributed by atoms with Gasteiger partial charge in [-0.25, -0.2) is 0 Å². The maximum Gasteiger partial charge on any atom is 0.435 e. The van der Waals surface area contributed by atoms with Crippen LogP contribution in [0.15, 0.2) is 30.3 Å². The molecule has 9 heteroatoms. The van der Waals surface area contributed by atoms with Gasteiger partial charge in [0, 0.05) is 18.8 Å². The molecule has 130 valence electrons. The summed E-state index contributed by atoms with van der Waals surface area (Å²) in [5.74, 6) is 0. The van der Waals surface area contributed by atoms with Crippen molar-refractivity contribution in [1.29, 1.82) is 0 Å². The molecule has 0 atom stereocenters. The molecule has 2 rings (SSSR count). The Bertz CT molecular complexity index is 715. The van der Waals surface area contributed by atoms with Crippen LogP contribution in [0.25, 0.3) is 0 Å². The number of anilines is 1. The van der Waals surface area contributed by atoms with Gasteiger partial charge in [-0.3, -0.25) is 4.68 Å². The van der Waals surface area contributed by atoms with E-state index in [1.165, 1.54) is 4.68 Å². The second-order valence-electron chi connectivity index (χ2n) is 5.11. The third kappa shape index (κ3) is 5.10. The SMILES string of the molecule is Cc1cc(C(F)(F)F)nn1CCCNC(=S)Nc1ccccc1Cl. The maximum atomic E-state index is 12.6. The van der Waals surface area contributed by atoms with Gasteiger partial charge in [-0.1, -0.05) is 23.7 Å². The summed E-state index contributed by atoms with van der Waals surface area (Å²) < 4.78 is 39.1. The number of alkyl halides is 3. The molecule has 0 unspecified atom stereocenters. The molecule has 0 aliphatic rings. The van der Waals surface area contributed by atoms with E-state index in [0.29, 0.717) is 41.0 Å². The standard InChI is InChI=1S/C15H16ClF3N4S/c1-10-9-13(15(17,18)19)22-23(10)8-4-7-20-14(24)21-12-6-3-2-5-11(12)16/h2-3,5-6,9H,4,7-8H2,1H3,(H2,20,21,24). The van der Waals surface area contributed by atoms with Crippen molar-refractivity contribution in [2.24, 2.45) is 0 Å². The molecule has 2 aromatic rings. The molecular weight excluding hydrogens is 361 g/mol. The molecule has 1 aromatic carbocycles. The number of para-hydroxylation sites is 1. The van der Waals surface area contributed by atoms with Crippen molar-refractivity contribution in [1.82, 2.24) is 15.1 Å². The van der Waals surface area contributed by atoms with Crippen LogP contribution in [-0.2, 0) is 12.7 Å². The molecule has 0 fully saturated rings. The van der Waals surface area contributed by atoms with Crippen LogP contribution in [-0.4, -0.2) is 21.4 Å². The van der Waals surface area contributed by atoms with Crippen LogP contribution in [0.5, 0.6) is 0 Å². The minimum absolute atomic E-state index is 0.365. The lowest BCUT2D eigenvalue weighted by molar-refractivity contribution is -0.141. The lowest BCUT2D eigenvalue weighted by atomic mass is 10.3. The molecule has 0 aliphatic heterocycles. The van der Waals surface area contributed by atoms with Crippen molar-refractivity contribution in [3.8, 4) is 0 Å². The van der Waals surface area contributed by atoms with Gasteiger partial charge < -0.3 is 10.6 Å². The second kappa shape index (κ2) is 7.85. The number of halogens is 4. The lowest BCUT2D eigenvalue weighted by Crippen LogP contribution is -2.30. The number of aromatic nitrogens is 2. The third-order valence-corrected chi connectivity index (χ3v) is 3.80. The molecule has 0 spiro atoms. The molecule has 0 bridgehead atoms. The maximum absolute atomic E-state index is 12.6. The molecule has 0 saturated heterocycles. The molecule has 1 aromatic heterocycles. The Kier molecular flexibility index (Phi) is 6.06. The minimum Gasteiger partial charge on any atom is -0.362 e. The fraction of sp³-hybridized carbons (Fsp3) is 0.333. The van der Waals surface area contributed by atoms with Crippen LogP contribution in [0.1, 0.15) is 17.8 Å². The largest absolute Gasteiger partial charge is 0.435 e. The Morgan fingerprint density at radius 2 is 2.04 bits per heavy atom. The summed E-state index contributed by atoms with van der Waals surface area (Å²) in [7, 11) is 0. The fourth-order valence-electron chi connectivity index (χ4n) is 2.03. The highest BCUT2D eigenvalue weighted by molar-refractivity contribution is 7.80. The zero-order valence-electron chi connectivity index (χ0n) is 12.8. The topological polar surface area (TPSA) is 41.9 Å². The normalized spacial score (nSPS) is 11.4. The first-order valence-corrected chi connectivity index (χ1v) is 7.97. The van der Waals surface area contributed by atoms with Crippen molar-refractivity contribution >= 4 is 34.6 Å². The van der Waals surface area contributed by atoms with E-state index in [0.717, 1.165) is 6.07 Å². The van der Waals surface area contributed by atoms with Crippen molar-refractivity contribution in [3.63, 3.8) is 0 Å². The van der Waals surface area contributed by atoms with Crippen molar-refractivity contribution in [2.45, 2.75) is 26.1 Å². The second-order valence-corrected chi connectivity index (χ2v) is 5.92. The molecule has 2 N–H and O–H groups in total. The van der Waals surface area contributed by atoms with Gasteiger partial charge in [0.1, 0.15) is 0 Å². The average Bonchev–Trinajstić information content (AvgIpc) is 2.87. The molecule has 0 amide bonds. The number of nitrogens with one attached hydrogen (secondary N) is 2. The summed E-state index contributed by atoms with van der Waals surface area (Å²) in [6.07, 6.45) is -3.85. The van der Waals surface area contributed by atoms with Crippen LogP contribution in [0, 0.1) is 6.92 Å². The summed E-state index contributed by atoms with van der Waals surface area (Å²) in [5.41, 5.74) is 0.289. The first-order valence-electron chi connectivity index (χ1n) is 7.18. The van der Waals surface area contributed by atoms with Gasteiger partial charge in [0.05, 0.1) is 10.7 Å². The van der Waals surface area contributed by atoms with Crippen LogP contribution >= 0.6 is 23.8 Å². The number of benzene rings is 1. The van der Waals surface area contributed by atoms with Gasteiger partial charge in [-0.2, -0.15) is 18.3 Å². The van der Waals surface area contributed by atoms with Crippen LogP contribution in [0.2, 0.25) is 5.02 Å². The van der Waals surface area contributed by atoms with Crippen LogP contribution < -0.4 is 10.6 Å². The summed E-state index contributed by atoms with van der Waals surface area (Å²) in [5, 5.41) is 10.5. The van der Waals surface area contributed by atoms with E-state index in [1.54, 1.807) is 19.1 Å². The highest BCUT2D eigenvalue weighted by Gasteiger charge is 2.34. The summed E-state index contributed by atoms with van der Waals surface area (Å²) in [4.78, 5) is 0. The van der Waals surface area contributed by atoms with Crippen molar-refractivity contribution < 1.29 is 13.2 Å². The zero-order valence-corrected chi connectivity index (χ0v) is 14.4. The fourth-order valence-corrected chi connectivity index (χ4v) is 2.43. The molecular formula is C15H16ClF3N4S. The van der Waals surface area contributed by atoms with Crippen LogP contribution in [0.4, 0.5) is 18.9 Å². The number of hydrogen-bond donors (Lipinski definition) is 2. The van der Waals surface area contributed by atoms with Gasteiger partial charge in [-0.05, 0) is 43.8 Å². The van der Waals surface area contributed by atoms with E-state index < -0.39 is 11.9 Å². The zero-order chi connectivity index (χ0) is 17.7. The van der Waals surface area contributed by atoms with Gasteiger partial charge in [0.2, 0.25) is 0 Å². The smallest absolute Gasteiger partial charge is 0.362 e. The Balaban J connectivity index is 1.78. The number of nitrogens with zero attached hydrogens (tertiary/aromatic N) is 2.